The summed E-state index contributed by atoms with van der Waals surface area (Å²) in [6, 6.07) is 3.82. The molecule has 7 heteroatoms. The molecule has 0 saturated carbocycles. The Hall–Kier alpha value is -0.880. The summed E-state index contributed by atoms with van der Waals surface area (Å²) < 4.78 is 5.26. The molecule has 21 heavy (non-hydrogen) atoms. The summed E-state index contributed by atoms with van der Waals surface area (Å²) in [5.41, 5.74) is 0.678. The number of piperidine rings is 1. The van der Waals surface area contributed by atoms with Crippen LogP contribution in [0.4, 0.5) is 0 Å². The topological polar surface area (TPSA) is 63.2 Å². The van der Waals surface area contributed by atoms with Crippen LogP contribution in [0.15, 0.2) is 24.5 Å². The number of rotatable bonds is 5. The van der Waals surface area contributed by atoms with Gasteiger partial charge in [0.2, 0.25) is 5.91 Å². The molecule has 2 N–H and O–H groups in total. The molecule has 0 aliphatic carbocycles. The Morgan fingerprint density at radius 3 is 2.52 bits per heavy atom. The van der Waals surface area contributed by atoms with Gasteiger partial charge in [0, 0.05) is 26.0 Å². The third kappa shape index (κ3) is 5.43. The summed E-state index contributed by atoms with van der Waals surface area (Å²) >= 11 is 0. The maximum absolute atomic E-state index is 12.4. The van der Waals surface area contributed by atoms with E-state index in [4.69, 9.17) is 4.74 Å². The number of amides is 1. The Bertz CT molecular complexity index is 406. The molecule has 2 heterocycles. The first-order valence-electron chi connectivity index (χ1n) is 6.64. The molecule has 1 fully saturated rings. The van der Waals surface area contributed by atoms with Crippen LogP contribution in [-0.4, -0.2) is 37.7 Å². The Morgan fingerprint density at radius 1 is 1.33 bits per heavy atom. The number of hydrogen-bond acceptors (Lipinski definition) is 4. The van der Waals surface area contributed by atoms with E-state index in [9.17, 15) is 4.79 Å². The second kappa shape index (κ2) is 9.95. The number of pyridine rings is 1. The van der Waals surface area contributed by atoms with Crippen LogP contribution in [0.3, 0.4) is 0 Å². The van der Waals surface area contributed by atoms with Gasteiger partial charge >= 0.3 is 0 Å². The van der Waals surface area contributed by atoms with Gasteiger partial charge in [-0.3, -0.25) is 9.78 Å². The molecule has 120 valence electrons. The molecule has 0 unspecified atom stereocenters. The molecule has 0 atom stereocenters. The van der Waals surface area contributed by atoms with Crippen molar-refractivity contribution in [1.82, 2.24) is 15.6 Å². The Morgan fingerprint density at radius 2 is 1.95 bits per heavy atom. The minimum Gasteiger partial charge on any atom is -0.384 e. The Labute approximate surface area is 138 Å². The van der Waals surface area contributed by atoms with Crippen molar-refractivity contribution in [1.29, 1.82) is 0 Å². The molecular formula is C14H23Cl2N3O2. The normalized spacial score (nSPS) is 16.2. The predicted octanol–water partition coefficient (Wildman–Crippen LogP) is 1.56. The van der Waals surface area contributed by atoms with Crippen LogP contribution >= 0.6 is 24.8 Å². The van der Waals surface area contributed by atoms with E-state index in [1.54, 1.807) is 19.5 Å². The summed E-state index contributed by atoms with van der Waals surface area (Å²) in [5.74, 6) is 0.0904. The number of aromatic nitrogens is 1. The second-order valence-corrected chi connectivity index (χ2v) is 5.00. The van der Waals surface area contributed by atoms with Crippen LogP contribution in [0.2, 0.25) is 0 Å². The van der Waals surface area contributed by atoms with E-state index in [-0.39, 0.29) is 36.1 Å². The third-order valence-electron chi connectivity index (χ3n) is 3.67. The van der Waals surface area contributed by atoms with E-state index in [1.807, 2.05) is 12.1 Å². The van der Waals surface area contributed by atoms with E-state index in [1.165, 1.54) is 0 Å². The van der Waals surface area contributed by atoms with E-state index >= 15 is 0 Å². The smallest absolute Gasteiger partial charge is 0.228 e. The number of nitrogens with one attached hydrogen (secondary N) is 2. The Balaban J connectivity index is 0.00000200. The van der Waals surface area contributed by atoms with Gasteiger partial charge in [-0.05, 0) is 43.6 Å². The number of carbonyl (C=O) groups excluding carboxylic acids is 1. The number of methoxy groups -OCH3 is 1. The number of halogens is 2. The average Bonchev–Trinajstić information content (AvgIpc) is 2.47. The van der Waals surface area contributed by atoms with Gasteiger partial charge in [-0.2, -0.15) is 0 Å². The van der Waals surface area contributed by atoms with Crippen LogP contribution < -0.4 is 10.6 Å². The first-order chi connectivity index (χ1) is 9.27. The number of ether oxygens (including phenoxy) is 1. The van der Waals surface area contributed by atoms with Crippen molar-refractivity contribution in [2.75, 3.05) is 26.8 Å². The Kier molecular flexibility index (Phi) is 9.53. The highest BCUT2D eigenvalue weighted by Crippen LogP contribution is 2.29. The molecule has 1 aliphatic heterocycles. The first kappa shape index (κ1) is 20.1. The molecule has 0 spiro atoms. The number of carbonyl (C=O) groups is 1. The van der Waals surface area contributed by atoms with Gasteiger partial charge in [-0.15, -0.1) is 24.8 Å². The lowest BCUT2D eigenvalue weighted by atomic mass is 9.78. The van der Waals surface area contributed by atoms with Crippen LogP contribution in [0.5, 0.6) is 0 Å². The molecule has 0 radical (unpaired) electrons. The molecular weight excluding hydrogens is 313 g/mol. The highest BCUT2D eigenvalue weighted by Gasteiger charge is 2.39. The zero-order valence-electron chi connectivity index (χ0n) is 12.1. The fourth-order valence-electron chi connectivity index (χ4n) is 2.49. The number of nitrogens with zero attached hydrogens (tertiary/aromatic N) is 1. The molecule has 1 aromatic rings. The van der Waals surface area contributed by atoms with Crippen molar-refractivity contribution in [3.8, 4) is 0 Å². The van der Waals surface area contributed by atoms with Crippen LogP contribution in [0.25, 0.3) is 0 Å². The van der Waals surface area contributed by atoms with Crippen molar-refractivity contribution >= 4 is 30.7 Å². The largest absolute Gasteiger partial charge is 0.384 e. The number of hydrogen-bond donors (Lipinski definition) is 2. The molecule has 1 aliphatic rings. The molecule has 1 aromatic heterocycles. The average molecular weight is 336 g/mol. The van der Waals surface area contributed by atoms with Gasteiger partial charge in [-0.25, -0.2) is 0 Å². The van der Waals surface area contributed by atoms with Gasteiger partial charge in [0.25, 0.3) is 0 Å². The lowest BCUT2D eigenvalue weighted by molar-refractivity contribution is -0.136. The van der Waals surface area contributed by atoms with Crippen molar-refractivity contribution in [2.24, 2.45) is 5.41 Å². The van der Waals surface area contributed by atoms with Gasteiger partial charge in [0.1, 0.15) is 0 Å². The second-order valence-electron chi connectivity index (χ2n) is 5.00. The standard InChI is InChI=1S/C14H21N3O2.2ClH/c1-19-11-14(4-8-16-9-5-14)13(18)17-10-12-2-6-15-7-3-12;;/h2-3,6-7,16H,4-5,8-11H2,1H3,(H,17,18);2*1H. The van der Waals surface area contributed by atoms with Crippen molar-refractivity contribution < 1.29 is 9.53 Å². The highest BCUT2D eigenvalue weighted by atomic mass is 35.5. The fraction of sp³-hybridized carbons (Fsp3) is 0.571. The summed E-state index contributed by atoms with van der Waals surface area (Å²) in [4.78, 5) is 16.4. The molecule has 0 bridgehead atoms. The minimum absolute atomic E-state index is 0. The summed E-state index contributed by atoms with van der Waals surface area (Å²) in [6.07, 6.45) is 5.11. The van der Waals surface area contributed by atoms with Crippen LogP contribution in [0, 0.1) is 5.41 Å². The lowest BCUT2D eigenvalue weighted by Gasteiger charge is -2.35. The molecule has 1 amide bonds. The summed E-state index contributed by atoms with van der Waals surface area (Å²) in [7, 11) is 1.65. The quantitative estimate of drug-likeness (QED) is 0.857. The summed E-state index contributed by atoms with van der Waals surface area (Å²) in [5, 5.41) is 6.30. The van der Waals surface area contributed by atoms with E-state index < -0.39 is 0 Å². The van der Waals surface area contributed by atoms with E-state index in [0.29, 0.717) is 13.2 Å². The van der Waals surface area contributed by atoms with Crippen molar-refractivity contribution in [3.05, 3.63) is 30.1 Å². The monoisotopic (exact) mass is 335 g/mol. The molecule has 5 nitrogen and oxygen atoms in total. The zero-order valence-corrected chi connectivity index (χ0v) is 13.8. The van der Waals surface area contributed by atoms with Gasteiger partial charge in [-0.1, -0.05) is 0 Å². The fourth-order valence-corrected chi connectivity index (χ4v) is 2.49. The molecule has 1 saturated heterocycles. The minimum atomic E-state index is -0.382. The van der Waals surface area contributed by atoms with Crippen molar-refractivity contribution in [3.63, 3.8) is 0 Å². The van der Waals surface area contributed by atoms with E-state index in [2.05, 4.69) is 15.6 Å². The van der Waals surface area contributed by atoms with E-state index in [0.717, 1.165) is 31.5 Å². The maximum Gasteiger partial charge on any atom is 0.228 e. The van der Waals surface area contributed by atoms with Crippen LogP contribution in [0.1, 0.15) is 18.4 Å². The third-order valence-corrected chi connectivity index (χ3v) is 3.67. The SMILES string of the molecule is COCC1(C(=O)NCc2ccncc2)CCNCC1.Cl.Cl. The predicted molar refractivity (Wildman–Crippen MR) is 87.0 cm³/mol. The van der Waals surface area contributed by atoms with Crippen molar-refractivity contribution in [2.45, 2.75) is 19.4 Å². The van der Waals surface area contributed by atoms with Gasteiger partial charge in [0.15, 0.2) is 0 Å². The zero-order chi connectivity index (χ0) is 13.6. The summed E-state index contributed by atoms with van der Waals surface area (Å²) in [6.45, 7) is 2.76. The lowest BCUT2D eigenvalue weighted by Crippen LogP contribution is -2.49. The molecule has 0 aromatic carbocycles. The van der Waals surface area contributed by atoms with Gasteiger partial charge < -0.3 is 15.4 Å². The first-order valence-corrected chi connectivity index (χ1v) is 6.64. The maximum atomic E-state index is 12.4. The molecule has 2 rings (SSSR count). The van der Waals surface area contributed by atoms with Crippen LogP contribution in [-0.2, 0) is 16.1 Å². The van der Waals surface area contributed by atoms with Gasteiger partial charge in [0.05, 0.1) is 12.0 Å². The highest BCUT2D eigenvalue weighted by molar-refractivity contribution is 5.85.